The van der Waals surface area contributed by atoms with Crippen molar-refractivity contribution in [2.24, 2.45) is 4.99 Å². The van der Waals surface area contributed by atoms with Gasteiger partial charge in [-0.25, -0.2) is 9.79 Å². The normalized spacial score (nSPS) is 15.7. The monoisotopic (exact) mass is 387 g/mol. The van der Waals surface area contributed by atoms with Crippen molar-refractivity contribution in [1.29, 1.82) is 0 Å². The number of nitrogens with zero attached hydrogens (tertiary/aromatic N) is 1. The number of esters is 1. The fourth-order valence-corrected chi connectivity index (χ4v) is 4.31. The van der Waals surface area contributed by atoms with Crippen LogP contribution in [0.3, 0.4) is 0 Å². The van der Waals surface area contributed by atoms with Gasteiger partial charge in [0.05, 0.1) is 5.02 Å². The number of carbonyl (C=O) groups excluding carboxylic acids is 1. The number of halogens is 2. The van der Waals surface area contributed by atoms with Crippen molar-refractivity contribution in [1.82, 2.24) is 0 Å². The zero-order valence-electron chi connectivity index (χ0n) is 13.0. The second-order valence-electron chi connectivity index (χ2n) is 5.64. The van der Waals surface area contributed by atoms with Crippen LogP contribution in [0.5, 0.6) is 0 Å². The lowest BCUT2D eigenvalue weighted by Gasteiger charge is -1.96. The number of carbonyl (C=O) groups is 1. The first-order valence-electron chi connectivity index (χ1n) is 7.48. The van der Waals surface area contributed by atoms with Crippen molar-refractivity contribution in [3.8, 4) is 0 Å². The van der Waals surface area contributed by atoms with Crippen molar-refractivity contribution in [2.75, 3.05) is 0 Å². The first-order chi connectivity index (χ1) is 12.0. The minimum absolute atomic E-state index is 0.228. The van der Waals surface area contributed by atoms with Crippen molar-refractivity contribution < 1.29 is 9.53 Å². The van der Waals surface area contributed by atoms with Crippen LogP contribution >= 0.6 is 34.5 Å². The molecule has 2 aromatic carbocycles. The molecular formula is C19H11Cl2NO2S. The quantitative estimate of drug-likeness (QED) is 0.407. The molecule has 0 amide bonds. The summed E-state index contributed by atoms with van der Waals surface area (Å²) in [5.41, 5.74) is 2.26. The molecule has 6 heteroatoms. The van der Waals surface area contributed by atoms with Gasteiger partial charge in [0.15, 0.2) is 5.70 Å². The van der Waals surface area contributed by atoms with Crippen molar-refractivity contribution in [3.05, 3.63) is 74.2 Å². The largest absolute Gasteiger partial charge is 0.401 e. The van der Waals surface area contributed by atoms with E-state index in [-0.39, 0.29) is 11.6 Å². The van der Waals surface area contributed by atoms with Gasteiger partial charge in [0.25, 0.3) is 0 Å². The Morgan fingerprint density at radius 2 is 2.00 bits per heavy atom. The smallest absolute Gasteiger partial charge is 0.363 e. The second kappa shape index (κ2) is 6.30. The lowest BCUT2D eigenvalue weighted by atomic mass is 10.1. The number of hydrogen-bond donors (Lipinski definition) is 0. The summed E-state index contributed by atoms with van der Waals surface area (Å²) in [6, 6.07) is 13.3. The molecule has 4 rings (SSSR count). The fraction of sp³-hybridized carbons (Fsp3) is 0.0526. The molecule has 2 heterocycles. The molecule has 0 saturated heterocycles. The van der Waals surface area contributed by atoms with Gasteiger partial charge < -0.3 is 4.74 Å². The summed E-state index contributed by atoms with van der Waals surface area (Å²) in [5, 5.41) is 2.00. The van der Waals surface area contributed by atoms with E-state index in [4.69, 9.17) is 27.9 Å². The fourth-order valence-electron chi connectivity index (χ4n) is 2.60. The SMILES string of the molecule is Cc1cccc(/C=C2\N=C(c3sc4cc(Cl)ccc4c3Cl)OC2=O)c1. The van der Waals surface area contributed by atoms with Gasteiger partial charge in [-0.3, -0.25) is 0 Å². The van der Waals surface area contributed by atoms with Crippen LogP contribution in [0.25, 0.3) is 16.2 Å². The van der Waals surface area contributed by atoms with Crippen LogP contribution < -0.4 is 0 Å². The van der Waals surface area contributed by atoms with E-state index in [1.165, 1.54) is 11.3 Å². The standard InChI is InChI=1S/C19H11Cl2NO2S/c1-10-3-2-4-11(7-10)8-14-19(23)24-18(22-14)17-16(21)13-6-5-12(20)9-15(13)25-17/h2-9H,1H3/b14-8-. The minimum atomic E-state index is -0.483. The third-order valence-corrected chi connectivity index (χ3v) is 5.63. The molecule has 0 radical (unpaired) electrons. The number of rotatable bonds is 2. The molecule has 124 valence electrons. The maximum absolute atomic E-state index is 12.2. The van der Waals surface area contributed by atoms with Gasteiger partial charge in [-0.1, -0.05) is 59.1 Å². The van der Waals surface area contributed by atoms with E-state index in [0.29, 0.717) is 14.9 Å². The Hall–Kier alpha value is -2.14. The van der Waals surface area contributed by atoms with Gasteiger partial charge in [-0.15, -0.1) is 11.3 Å². The average molecular weight is 388 g/mol. The number of hydrogen-bond acceptors (Lipinski definition) is 4. The summed E-state index contributed by atoms with van der Waals surface area (Å²) in [4.78, 5) is 17.1. The molecule has 0 atom stereocenters. The molecule has 0 spiro atoms. The highest BCUT2D eigenvalue weighted by atomic mass is 35.5. The topological polar surface area (TPSA) is 38.7 Å². The van der Waals surface area contributed by atoms with E-state index in [1.54, 1.807) is 12.1 Å². The molecule has 0 bridgehead atoms. The van der Waals surface area contributed by atoms with Crippen LogP contribution in [-0.4, -0.2) is 11.9 Å². The zero-order valence-corrected chi connectivity index (χ0v) is 15.4. The summed E-state index contributed by atoms with van der Waals surface area (Å²) in [5.74, 6) is -0.255. The van der Waals surface area contributed by atoms with Gasteiger partial charge in [0.1, 0.15) is 4.88 Å². The lowest BCUT2D eigenvalue weighted by molar-refractivity contribution is -0.129. The summed E-state index contributed by atoms with van der Waals surface area (Å²) in [6.07, 6.45) is 1.71. The van der Waals surface area contributed by atoms with E-state index < -0.39 is 5.97 Å². The number of aryl methyl sites for hydroxylation is 1. The summed E-state index contributed by atoms with van der Waals surface area (Å²) in [7, 11) is 0. The van der Waals surface area contributed by atoms with Crippen molar-refractivity contribution in [2.45, 2.75) is 6.92 Å². The molecule has 3 nitrogen and oxygen atoms in total. The zero-order chi connectivity index (χ0) is 17.6. The van der Waals surface area contributed by atoms with E-state index in [0.717, 1.165) is 21.2 Å². The van der Waals surface area contributed by atoms with Crippen LogP contribution in [-0.2, 0) is 9.53 Å². The molecule has 25 heavy (non-hydrogen) atoms. The molecule has 0 saturated carbocycles. The lowest BCUT2D eigenvalue weighted by Crippen LogP contribution is -2.04. The van der Waals surface area contributed by atoms with Crippen LogP contribution in [0.4, 0.5) is 0 Å². The van der Waals surface area contributed by atoms with E-state index >= 15 is 0 Å². The van der Waals surface area contributed by atoms with E-state index in [2.05, 4.69) is 4.99 Å². The maximum atomic E-state index is 12.2. The Bertz CT molecular complexity index is 1080. The number of thiophene rings is 1. The summed E-state index contributed by atoms with van der Waals surface area (Å²) < 4.78 is 6.26. The molecule has 1 aliphatic rings. The van der Waals surface area contributed by atoms with Gasteiger partial charge >= 0.3 is 5.97 Å². The Kier molecular flexibility index (Phi) is 4.12. The highest BCUT2D eigenvalue weighted by Gasteiger charge is 2.28. The van der Waals surface area contributed by atoms with E-state index in [1.807, 2.05) is 43.3 Å². The summed E-state index contributed by atoms with van der Waals surface area (Å²) in [6.45, 7) is 1.99. The van der Waals surface area contributed by atoms with Gasteiger partial charge in [-0.2, -0.15) is 0 Å². The maximum Gasteiger partial charge on any atom is 0.363 e. The van der Waals surface area contributed by atoms with Crippen LogP contribution in [0.15, 0.2) is 53.2 Å². The number of ether oxygens (including phenoxy) is 1. The van der Waals surface area contributed by atoms with Gasteiger partial charge in [0, 0.05) is 15.1 Å². The van der Waals surface area contributed by atoms with Crippen molar-refractivity contribution in [3.63, 3.8) is 0 Å². The number of aliphatic imine (C=N–C) groups is 1. The number of cyclic esters (lactones) is 1. The first kappa shape index (κ1) is 16.3. The van der Waals surface area contributed by atoms with E-state index in [9.17, 15) is 4.79 Å². The Morgan fingerprint density at radius 3 is 2.80 bits per heavy atom. The number of benzene rings is 2. The first-order valence-corrected chi connectivity index (χ1v) is 9.05. The van der Waals surface area contributed by atoms with Crippen LogP contribution in [0.2, 0.25) is 10.0 Å². The minimum Gasteiger partial charge on any atom is -0.401 e. The average Bonchev–Trinajstić information content (AvgIpc) is 3.08. The Morgan fingerprint density at radius 1 is 1.16 bits per heavy atom. The van der Waals surface area contributed by atoms with Crippen molar-refractivity contribution >= 4 is 62.6 Å². The van der Waals surface area contributed by atoms with Gasteiger partial charge in [-0.05, 0) is 30.7 Å². The molecular weight excluding hydrogens is 377 g/mol. The molecule has 0 fully saturated rings. The van der Waals surface area contributed by atoms with Crippen LogP contribution in [0, 0.1) is 6.92 Å². The molecule has 0 aliphatic carbocycles. The second-order valence-corrected chi connectivity index (χ2v) is 7.50. The summed E-state index contributed by atoms with van der Waals surface area (Å²) >= 11 is 13.9. The molecule has 1 aliphatic heterocycles. The molecule has 0 unspecified atom stereocenters. The van der Waals surface area contributed by atoms with Gasteiger partial charge in [0.2, 0.25) is 5.90 Å². The van der Waals surface area contributed by atoms with Crippen LogP contribution in [0.1, 0.15) is 16.0 Å². The predicted molar refractivity (Wildman–Crippen MR) is 104 cm³/mol. The predicted octanol–water partition coefficient (Wildman–Crippen LogP) is 5.86. The highest BCUT2D eigenvalue weighted by molar-refractivity contribution is 7.21. The molecule has 1 aromatic heterocycles. The third kappa shape index (κ3) is 3.09. The highest BCUT2D eigenvalue weighted by Crippen LogP contribution is 2.38. The third-order valence-electron chi connectivity index (χ3n) is 3.75. The Labute approximate surface area is 158 Å². The Balaban J connectivity index is 1.77. The number of fused-ring (bicyclic) bond motifs is 1. The molecule has 0 N–H and O–H groups in total. The molecule has 3 aromatic rings.